The first-order chi connectivity index (χ1) is 12.5. The molecule has 6 nitrogen and oxygen atoms in total. The average molecular weight is 417 g/mol. The highest BCUT2D eigenvalue weighted by Crippen LogP contribution is 2.12. The molecule has 0 aromatic heterocycles. The van der Waals surface area contributed by atoms with Crippen LogP contribution in [0, 0.1) is 0 Å². The summed E-state index contributed by atoms with van der Waals surface area (Å²) in [6.45, 7) is -0.254. The van der Waals surface area contributed by atoms with E-state index < -0.39 is 24.5 Å². The Morgan fingerprint density at radius 3 is 2.54 bits per heavy atom. The molecule has 3 amide bonds. The third kappa shape index (κ3) is 7.31. The molecule has 0 radical (unpaired) electrons. The molecular formula is C19H17BrN2O4. The molecule has 2 N–H and O–H groups in total. The number of carbonyl (C=O) groups is 3. The zero-order valence-corrected chi connectivity index (χ0v) is 15.4. The first-order valence-corrected chi connectivity index (χ1v) is 8.54. The lowest BCUT2D eigenvalue weighted by Crippen LogP contribution is -2.41. The Morgan fingerprint density at radius 1 is 1.04 bits per heavy atom. The zero-order chi connectivity index (χ0) is 18.8. The van der Waals surface area contributed by atoms with E-state index in [2.05, 4.69) is 26.6 Å². The first-order valence-electron chi connectivity index (χ1n) is 7.75. The van der Waals surface area contributed by atoms with Crippen LogP contribution in [-0.4, -0.2) is 24.5 Å². The number of hydrogen-bond donors (Lipinski definition) is 2. The Labute approximate surface area is 159 Å². The van der Waals surface area contributed by atoms with Crippen LogP contribution in [0.3, 0.4) is 0 Å². The topological polar surface area (TPSA) is 84.5 Å². The summed E-state index contributed by atoms with van der Waals surface area (Å²) in [6.07, 6.45) is 2.78. The Balaban J connectivity index is 1.69. The lowest BCUT2D eigenvalue weighted by Gasteiger charge is -2.07. The molecule has 2 aromatic carbocycles. The van der Waals surface area contributed by atoms with E-state index in [1.807, 2.05) is 54.6 Å². The minimum Gasteiger partial charge on any atom is -0.452 e. The van der Waals surface area contributed by atoms with Gasteiger partial charge >= 0.3 is 12.0 Å². The van der Waals surface area contributed by atoms with Crippen molar-refractivity contribution in [2.75, 3.05) is 6.61 Å². The molecule has 0 aliphatic heterocycles. The number of imide groups is 1. The van der Waals surface area contributed by atoms with Gasteiger partial charge in [0, 0.05) is 17.1 Å². The van der Waals surface area contributed by atoms with Gasteiger partial charge in [0.05, 0.1) is 0 Å². The maximum Gasteiger partial charge on any atom is 0.331 e. The molecule has 7 heteroatoms. The van der Waals surface area contributed by atoms with Gasteiger partial charge in [0.1, 0.15) is 0 Å². The van der Waals surface area contributed by atoms with Crippen LogP contribution in [0.2, 0.25) is 0 Å². The fourth-order valence-electron chi connectivity index (χ4n) is 1.94. The average Bonchev–Trinajstić information content (AvgIpc) is 2.64. The van der Waals surface area contributed by atoms with Crippen LogP contribution in [0.4, 0.5) is 4.79 Å². The second-order valence-electron chi connectivity index (χ2n) is 5.21. The number of hydrogen-bond acceptors (Lipinski definition) is 4. The van der Waals surface area contributed by atoms with E-state index in [-0.39, 0.29) is 6.54 Å². The quantitative estimate of drug-likeness (QED) is 0.559. The van der Waals surface area contributed by atoms with E-state index in [4.69, 9.17) is 4.74 Å². The predicted molar refractivity (Wildman–Crippen MR) is 101 cm³/mol. The number of amides is 3. The lowest BCUT2D eigenvalue weighted by atomic mass is 10.2. The third-order valence-corrected chi connectivity index (χ3v) is 3.65. The molecule has 0 fully saturated rings. The van der Waals surface area contributed by atoms with Gasteiger partial charge in [0.15, 0.2) is 6.61 Å². The summed E-state index contributed by atoms with van der Waals surface area (Å²) in [4.78, 5) is 34.8. The summed E-state index contributed by atoms with van der Waals surface area (Å²) in [5.74, 6) is -1.38. The van der Waals surface area contributed by atoms with E-state index in [9.17, 15) is 14.4 Å². The normalized spacial score (nSPS) is 10.3. The molecule has 0 saturated heterocycles. The van der Waals surface area contributed by atoms with Gasteiger partial charge in [-0.05, 0) is 29.3 Å². The van der Waals surface area contributed by atoms with Crippen LogP contribution in [0.1, 0.15) is 11.1 Å². The highest BCUT2D eigenvalue weighted by atomic mass is 79.9. The van der Waals surface area contributed by atoms with E-state index in [0.29, 0.717) is 0 Å². The molecule has 26 heavy (non-hydrogen) atoms. The molecule has 134 valence electrons. The van der Waals surface area contributed by atoms with Gasteiger partial charge in [-0.1, -0.05) is 58.4 Å². The number of ether oxygens (including phenoxy) is 1. The molecule has 0 aliphatic rings. The van der Waals surface area contributed by atoms with Gasteiger partial charge in [0.2, 0.25) is 0 Å². The van der Waals surface area contributed by atoms with Crippen molar-refractivity contribution in [2.45, 2.75) is 6.54 Å². The van der Waals surface area contributed by atoms with Crippen molar-refractivity contribution in [2.24, 2.45) is 0 Å². The maximum absolute atomic E-state index is 11.6. The summed E-state index contributed by atoms with van der Waals surface area (Å²) in [5.41, 5.74) is 1.71. The molecule has 0 aliphatic carbocycles. The van der Waals surface area contributed by atoms with E-state index in [1.54, 1.807) is 6.08 Å². The molecule has 0 unspecified atom stereocenters. The highest BCUT2D eigenvalue weighted by molar-refractivity contribution is 9.10. The SMILES string of the molecule is O=C(COC(=O)C=Cc1cccc(Br)c1)NC(=O)NCc1ccccc1. The van der Waals surface area contributed by atoms with Gasteiger partial charge < -0.3 is 10.1 Å². The van der Waals surface area contributed by atoms with Gasteiger partial charge in [-0.25, -0.2) is 9.59 Å². The molecule has 0 saturated carbocycles. The van der Waals surface area contributed by atoms with Gasteiger partial charge in [0.25, 0.3) is 5.91 Å². The maximum atomic E-state index is 11.6. The molecule has 2 rings (SSSR count). The second-order valence-corrected chi connectivity index (χ2v) is 6.13. The molecule has 0 bridgehead atoms. The van der Waals surface area contributed by atoms with E-state index in [0.717, 1.165) is 15.6 Å². The van der Waals surface area contributed by atoms with Crippen LogP contribution in [0.15, 0.2) is 65.1 Å². The fourth-order valence-corrected chi connectivity index (χ4v) is 2.36. The first kappa shape index (κ1) is 19.4. The Hall–Kier alpha value is -2.93. The smallest absolute Gasteiger partial charge is 0.331 e. The Bertz CT molecular complexity index is 806. The minimum atomic E-state index is -0.709. The van der Waals surface area contributed by atoms with E-state index in [1.165, 1.54) is 6.08 Å². The van der Waals surface area contributed by atoms with Crippen molar-refractivity contribution < 1.29 is 19.1 Å². The Kier molecular flexibility index (Phi) is 7.57. The van der Waals surface area contributed by atoms with Crippen LogP contribution in [-0.2, 0) is 20.9 Å². The number of halogens is 1. The molecule has 0 heterocycles. The standard InChI is InChI=1S/C19H17BrN2O4/c20-16-8-4-7-14(11-16)9-10-18(24)26-13-17(23)22-19(25)21-12-15-5-2-1-3-6-15/h1-11H,12-13H2,(H2,21,22,23,25). The van der Waals surface area contributed by atoms with Crippen LogP contribution < -0.4 is 10.6 Å². The summed E-state index contributed by atoms with van der Waals surface area (Å²) >= 11 is 3.33. The third-order valence-electron chi connectivity index (χ3n) is 3.15. The number of carbonyl (C=O) groups excluding carboxylic acids is 3. The van der Waals surface area contributed by atoms with Crippen LogP contribution >= 0.6 is 15.9 Å². The van der Waals surface area contributed by atoms with Crippen LogP contribution in [0.5, 0.6) is 0 Å². The Morgan fingerprint density at radius 2 is 1.81 bits per heavy atom. The number of nitrogens with one attached hydrogen (secondary N) is 2. The zero-order valence-electron chi connectivity index (χ0n) is 13.8. The van der Waals surface area contributed by atoms with Crippen LogP contribution in [0.25, 0.3) is 6.08 Å². The van der Waals surface area contributed by atoms with Crippen molar-refractivity contribution >= 4 is 39.9 Å². The number of benzene rings is 2. The molecular weight excluding hydrogens is 400 g/mol. The van der Waals surface area contributed by atoms with Gasteiger partial charge in [-0.15, -0.1) is 0 Å². The lowest BCUT2D eigenvalue weighted by molar-refractivity contribution is -0.143. The van der Waals surface area contributed by atoms with Gasteiger partial charge in [-0.3, -0.25) is 10.1 Å². The number of urea groups is 1. The van der Waals surface area contributed by atoms with Crippen molar-refractivity contribution in [3.05, 3.63) is 76.3 Å². The minimum absolute atomic E-state index is 0.287. The van der Waals surface area contributed by atoms with Crippen molar-refractivity contribution in [1.29, 1.82) is 0 Å². The summed E-state index contributed by atoms with van der Waals surface area (Å²) in [7, 11) is 0. The van der Waals surface area contributed by atoms with Crippen molar-refractivity contribution in [1.82, 2.24) is 10.6 Å². The number of rotatable bonds is 6. The predicted octanol–water partition coefficient (Wildman–Crippen LogP) is 3.03. The second kappa shape index (κ2) is 10.1. The van der Waals surface area contributed by atoms with Gasteiger partial charge in [-0.2, -0.15) is 0 Å². The monoisotopic (exact) mass is 416 g/mol. The largest absolute Gasteiger partial charge is 0.452 e. The van der Waals surface area contributed by atoms with E-state index >= 15 is 0 Å². The molecule has 0 atom stereocenters. The highest BCUT2D eigenvalue weighted by Gasteiger charge is 2.09. The number of esters is 1. The summed E-state index contributed by atoms with van der Waals surface area (Å²) < 4.78 is 5.67. The molecule has 0 spiro atoms. The fraction of sp³-hybridized carbons (Fsp3) is 0.105. The summed E-state index contributed by atoms with van der Waals surface area (Å²) in [5, 5.41) is 4.63. The molecule has 2 aromatic rings. The van der Waals surface area contributed by atoms with Crippen molar-refractivity contribution in [3.8, 4) is 0 Å². The van der Waals surface area contributed by atoms with Crippen molar-refractivity contribution in [3.63, 3.8) is 0 Å². The summed E-state index contributed by atoms with van der Waals surface area (Å²) in [6, 6.07) is 15.9.